The molecular weight excluding hydrogens is 237 g/mol. The molecule has 1 fully saturated rings. The fraction of sp³-hybridized carbons (Fsp3) is 0.250. The first kappa shape index (κ1) is 11.0. The van der Waals surface area contributed by atoms with Gasteiger partial charge in [0.2, 0.25) is 0 Å². The standard InChI is InChI=1S/C12H10FN3O2/c13-11-10(12(11)14)8-5-9(16(17)18)6-3-1-2-4-7(6)15-8/h1-5,10-12H,14H2. The van der Waals surface area contributed by atoms with E-state index < -0.39 is 23.1 Å². The van der Waals surface area contributed by atoms with E-state index in [0.717, 1.165) is 0 Å². The molecule has 92 valence electrons. The molecule has 6 heteroatoms. The molecule has 1 aliphatic carbocycles. The van der Waals surface area contributed by atoms with E-state index in [0.29, 0.717) is 16.6 Å². The van der Waals surface area contributed by atoms with Crippen LogP contribution in [0.3, 0.4) is 0 Å². The average molecular weight is 247 g/mol. The third-order valence-electron chi connectivity index (χ3n) is 3.24. The third kappa shape index (κ3) is 1.53. The van der Waals surface area contributed by atoms with E-state index in [1.165, 1.54) is 6.07 Å². The van der Waals surface area contributed by atoms with Crippen LogP contribution in [0.1, 0.15) is 11.6 Å². The van der Waals surface area contributed by atoms with Crippen molar-refractivity contribution in [3.05, 3.63) is 46.1 Å². The second-order valence-electron chi connectivity index (χ2n) is 4.39. The van der Waals surface area contributed by atoms with Crippen LogP contribution in [0.2, 0.25) is 0 Å². The monoisotopic (exact) mass is 247 g/mol. The molecule has 1 heterocycles. The topological polar surface area (TPSA) is 82.0 Å². The number of rotatable bonds is 2. The highest BCUT2D eigenvalue weighted by Gasteiger charge is 2.51. The van der Waals surface area contributed by atoms with E-state index in [4.69, 9.17) is 5.73 Å². The minimum absolute atomic E-state index is 0.0538. The lowest BCUT2D eigenvalue weighted by Gasteiger charge is -2.03. The lowest BCUT2D eigenvalue weighted by molar-refractivity contribution is -0.383. The van der Waals surface area contributed by atoms with Gasteiger partial charge in [-0.05, 0) is 12.1 Å². The summed E-state index contributed by atoms with van der Waals surface area (Å²) >= 11 is 0. The van der Waals surface area contributed by atoms with Gasteiger partial charge in [0.15, 0.2) is 0 Å². The molecule has 2 aromatic rings. The van der Waals surface area contributed by atoms with E-state index in [1.807, 2.05) is 0 Å². The van der Waals surface area contributed by atoms with E-state index in [2.05, 4.69) is 4.98 Å². The Morgan fingerprint density at radius 3 is 2.67 bits per heavy atom. The molecule has 2 N–H and O–H groups in total. The number of hydrogen-bond donors (Lipinski definition) is 1. The molecule has 0 radical (unpaired) electrons. The average Bonchev–Trinajstić information content (AvgIpc) is 2.95. The molecule has 0 aliphatic heterocycles. The van der Waals surface area contributed by atoms with E-state index >= 15 is 0 Å². The van der Waals surface area contributed by atoms with Crippen molar-refractivity contribution in [3.8, 4) is 0 Å². The van der Waals surface area contributed by atoms with Crippen molar-refractivity contribution < 1.29 is 9.31 Å². The van der Waals surface area contributed by atoms with Crippen molar-refractivity contribution in [1.29, 1.82) is 0 Å². The number of nitrogens with zero attached hydrogens (tertiary/aromatic N) is 2. The molecule has 0 amide bonds. The number of halogens is 1. The zero-order valence-corrected chi connectivity index (χ0v) is 9.29. The molecule has 18 heavy (non-hydrogen) atoms. The van der Waals surface area contributed by atoms with Gasteiger partial charge in [-0.3, -0.25) is 15.1 Å². The third-order valence-corrected chi connectivity index (χ3v) is 3.24. The Balaban J connectivity index is 2.21. The summed E-state index contributed by atoms with van der Waals surface area (Å²) in [6.45, 7) is 0. The number of pyridine rings is 1. The number of para-hydroxylation sites is 1. The second kappa shape index (κ2) is 3.71. The summed E-state index contributed by atoms with van der Waals surface area (Å²) in [7, 11) is 0. The van der Waals surface area contributed by atoms with Crippen LogP contribution in [0.5, 0.6) is 0 Å². The van der Waals surface area contributed by atoms with Gasteiger partial charge < -0.3 is 5.73 Å². The number of nitro groups is 1. The van der Waals surface area contributed by atoms with E-state index in [1.54, 1.807) is 24.3 Å². The van der Waals surface area contributed by atoms with Crippen molar-refractivity contribution in [2.75, 3.05) is 0 Å². The van der Waals surface area contributed by atoms with Gasteiger partial charge in [-0.1, -0.05) is 12.1 Å². The first-order chi connectivity index (χ1) is 8.59. The van der Waals surface area contributed by atoms with Gasteiger partial charge in [0.25, 0.3) is 5.69 Å². The Morgan fingerprint density at radius 2 is 2.06 bits per heavy atom. The van der Waals surface area contributed by atoms with Crippen molar-refractivity contribution in [1.82, 2.24) is 4.98 Å². The maximum Gasteiger partial charge on any atom is 0.280 e. The Kier molecular flexibility index (Phi) is 2.27. The summed E-state index contributed by atoms with van der Waals surface area (Å²) in [5, 5.41) is 11.5. The SMILES string of the molecule is NC1C(F)C1c1cc([N+](=O)[O-])c2ccccc2n1. The smallest absolute Gasteiger partial charge is 0.280 e. The first-order valence-electron chi connectivity index (χ1n) is 5.53. The molecule has 1 saturated carbocycles. The zero-order valence-electron chi connectivity index (χ0n) is 9.29. The molecule has 1 aliphatic rings. The van der Waals surface area contributed by atoms with Crippen LogP contribution in [0.25, 0.3) is 10.9 Å². The zero-order chi connectivity index (χ0) is 12.9. The maximum absolute atomic E-state index is 13.3. The lowest BCUT2D eigenvalue weighted by atomic mass is 10.1. The Hall–Kier alpha value is -2.08. The van der Waals surface area contributed by atoms with Crippen molar-refractivity contribution >= 4 is 16.6 Å². The van der Waals surface area contributed by atoms with Crippen LogP contribution in [-0.4, -0.2) is 22.1 Å². The van der Waals surface area contributed by atoms with Gasteiger partial charge >= 0.3 is 0 Å². The van der Waals surface area contributed by atoms with Crippen molar-refractivity contribution in [2.24, 2.45) is 5.73 Å². The highest BCUT2D eigenvalue weighted by atomic mass is 19.1. The van der Waals surface area contributed by atoms with Crippen LogP contribution in [0.15, 0.2) is 30.3 Å². The summed E-state index contributed by atoms with van der Waals surface area (Å²) in [4.78, 5) is 14.8. The lowest BCUT2D eigenvalue weighted by Crippen LogP contribution is -2.04. The molecule has 3 atom stereocenters. The molecule has 1 aromatic heterocycles. The number of hydrogen-bond acceptors (Lipinski definition) is 4. The minimum Gasteiger partial charge on any atom is -0.325 e. The predicted molar refractivity (Wildman–Crippen MR) is 64.0 cm³/mol. The first-order valence-corrected chi connectivity index (χ1v) is 5.53. The highest BCUT2D eigenvalue weighted by molar-refractivity contribution is 5.88. The van der Waals surface area contributed by atoms with Crippen LogP contribution in [-0.2, 0) is 0 Å². The summed E-state index contributed by atoms with van der Waals surface area (Å²) < 4.78 is 13.3. The number of nitrogens with two attached hydrogens (primary N) is 1. The minimum atomic E-state index is -1.15. The highest BCUT2D eigenvalue weighted by Crippen LogP contribution is 2.43. The van der Waals surface area contributed by atoms with Crippen LogP contribution in [0, 0.1) is 10.1 Å². The van der Waals surface area contributed by atoms with Gasteiger partial charge in [0.1, 0.15) is 6.17 Å². The normalized spacial score (nSPS) is 26.2. The maximum atomic E-state index is 13.3. The van der Waals surface area contributed by atoms with Gasteiger partial charge in [0.05, 0.1) is 27.4 Å². The number of benzene rings is 1. The van der Waals surface area contributed by atoms with E-state index in [-0.39, 0.29) is 5.69 Å². The Bertz CT molecular complexity index is 638. The number of alkyl halides is 1. The van der Waals surface area contributed by atoms with Gasteiger partial charge in [-0.25, -0.2) is 4.39 Å². The second-order valence-corrected chi connectivity index (χ2v) is 4.39. The predicted octanol–water partition coefficient (Wildman–Crippen LogP) is 1.91. The molecule has 1 aromatic carbocycles. The molecular formula is C12H10FN3O2. The van der Waals surface area contributed by atoms with Crippen molar-refractivity contribution in [3.63, 3.8) is 0 Å². The van der Waals surface area contributed by atoms with Crippen molar-refractivity contribution in [2.45, 2.75) is 18.1 Å². The Labute approximate surface area is 102 Å². The molecule has 0 spiro atoms. The molecule has 5 nitrogen and oxygen atoms in total. The van der Waals surface area contributed by atoms with E-state index in [9.17, 15) is 14.5 Å². The summed E-state index contributed by atoms with van der Waals surface area (Å²) in [5.74, 6) is -0.520. The van der Waals surface area contributed by atoms with Gasteiger partial charge in [-0.2, -0.15) is 0 Å². The fourth-order valence-electron chi connectivity index (χ4n) is 2.15. The van der Waals surface area contributed by atoms with Crippen LogP contribution in [0.4, 0.5) is 10.1 Å². The molecule has 3 unspecified atom stereocenters. The largest absolute Gasteiger partial charge is 0.325 e. The summed E-state index contributed by atoms with van der Waals surface area (Å²) in [6.07, 6.45) is -1.15. The quantitative estimate of drug-likeness (QED) is 0.649. The van der Waals surface area contributed by atoms with Gasteiger partial charge in [-0.15, -0.1) is 0 Å². The molecule has 0 bridgehead atoms. The fourth-order valence-corrected chi connectivity index (χ4v) is 2.15. The number of aromatic nitrogens is 1. The summed E-state index contributed by atoms with van der Waals surface area (Å²) in [5.41, 5.74) is 6.33. The summed E-state index contributed by atoms with van der Waals surface area (Å²) in [6, 6.07) is 7.47. The van der Waals surface area contributed by atoms with Crippen LogP contribution >= 0.6 is 0 Å². The molecule has 3 rings (SSSR count). The van der Waals surface area contributed by atoms with Crippen LogP contribution < -0.4 is 5.73 Å². The van der Waals surface area contributed by atoms with Gasteiger partial charge in [0, 0.05) is 12.1 Å². The molecule has 0 saturated heterocycles. The Morgan fingerprint density at radius 1 is 1.39 bits per heavy atom. The number of fused-ring (bicyclic) bond motifs is 1.